The smallest absolute Gasteiger partial charge is 0.305 e. The minimum atomic E-state index is -0.848. The number of aliphatic hydroxyl groups excluding tert-OH is 2. The van der Waals surface area contributed by atoms with Gasteiger partial charge in [-0.25, -0.2) is 0 Å². The highest BCUT2D eigenvalue weighted by Gasteiger charge is 2.18. The van der Waals surface area contributed by atoms with Crippen molar-refractivity contribution in [2.24, 2.45) is 0 Å². The molecule has 0 aliphatic rings. The van der Waals surface area contributed by atoms with Gasteiger partial charge < -0.3 is 20.3 Å². The maximum absolute atomic E-state index is 12.4. The monoisotopic (exact) mass is 900 g/mol. The lowest BCUT2D eigenvalue weighted by atomic mass is 10.0. The average Bonchev–Trinajstić information content (AvgIpc) is 3.29. The molecule has 0 aromatic carbocycles. The maximum Gasteiger partial charge on any atom is 0.305 e. The van der Waals surface area contributed by atoms with Gasteiger partial charge in [-0.3, -0.25) is 9.59 Å². The van der Waals surface area contributed by atoms with E-state index in [0.717, 1.165) is 51.4 Å². The van der Waals surface area contributed by atoms with Crippen molar-refractivity contribution in [2.45, 2.75) is 309 Å². The van der Waals surface area contributed by atoms with Crippen LogP contribution >= 0.6 is 0 Å². The van der Waals surface area contributed by atoms with Gasteiger partial charge in [0.05, 0.1) is 25.4 Å². The lowest BCUT2D eigenvalue weighted by Gasteiger charge is -2.20. The Hall–Kier alpha value is -1.92. The molecular formula is C58H109NO5. The summed E-state index contributed by atoms with van der Waals surface area (Å²) in [6.45, 7) is 4.87. The number of ether oxygens (including phenoxy) is 1. The zero-order valence-corrected chi connectivity index (χ0v) is 42.8. The second kappa shape index (κ2) is 53.7. The van der Waals surface area contributed by atoms with Crippen LogP contribution in [-0.2, 0) is 14.3 Å². The predicted octanol–water partition coefficient (Wildman–Crippen LogP) is 17.2. The summed E-state index contributed by atoms with van der Waals surface area (Å²) in [5, 5.41) is 23.0. The Morgan fingerprint density at radius 1 is 0.422 bits per heavy atom. The molecule has 0 aliphatic heterocycles. The Labute approximate surface area is 398 Å². The summed E-state index contributed by atoms with van der Waals surface area (Å²) in [5.41, 5.74) is 0. The first-order chi connectivity index (χ1) is 31.5. The van der Waals surface area contributed by atoms with Crippen LogP contribution in [0, 0.1) is 0 Å². The molecule has 0 aliphatic carbocycles. The standard InChI is InChI=1S/C58H109NO5/c1-3-5-7-9-11-13-15-27-30-34-38-42-46-50-56(61)55(54-60)59-57(62)51-47-43-39-35-31-28-25-23-21-19-17-18-20-22-24-26-29-33-37-41-45-49-53-64-58(63)52-48-44-40-36-32-16-14-12-10-8-6-4-2/h12,14,19,21,46,50,55-56,60-61H,3-11,13,15-18,20,22-45,47-49,51-54H2,1-2H3,(H,59,62)/b14-12-,21-19-,50-46+. The number of carbonyl (C=O) groups excluding carboxylic acids is 2. The lowest BCUT2D eigenvalue weighted by molar-refractivity contribution is -0.143. The molecule has 0 fully saturated rings. The van der Waals surface area contributed by atoms with E-state index in [9.17, 15) is 19.8 Å². The highest BCUT2D eigenvalue weighted by atomic mass is 16.5. The summed E-state index contributed by atoms with van der Waals surface area (Å²) < 4.78 is 5.46. The summed E-state index contributed by atoms with van der Waals surface area (Å²) in [4.78, 5) is 24.4. The summed E-state index contributed by atoms with van der Waals surface area (Å²) in [6.07, 6.45) is 65.9. The Balaban J connectivity index is 3.44. The number of allylic oxidation sites excluding steroid dienone is 5. The third kappa shape index (κ3) is 49.5. The molecule has 0 spiro atoms. The highest BCUT2D eigenvalue weighted by molar-refractivity contribution is 5.76. The molecule has 6 heteroatoms. The van der Waals surface area contributed by atoms with Gasteiger partial charge in [0.25, 0.3) is 0 Å². The lowest BCUT2D eigenvalue weighted by Crippen LogP contribution is -2.45. The number of nitrogens with one attached hydrogen (secondary N) is 1. The van der Waals surface area contributed by atoms with Crippen molar-refractivity contribution < 1.29 is 24.5 Å². The SMILES string of the molecule is CCCCC/C=C\CCCCCCCC(=O)OCCCCCCCCCCCCC/C=C\CCCCCCCCCC(=O)NC(CO)C(O)/C=C/CCCCCCCCCCCCC. The summed E-state index contributed by atoms with van der Waals surface area (Å²) >= 11 is 0. The van der Waals surface area contributed by atoms with E-state index >= 15 is 0 Å². The topological polar surface area (TPSA) is 95.9 Å². The van der Waals surface area contributed by atoms with Crippen LogP contribution < -0.4 is 5.32 Å². The Morgan fingerprint density at radius 3 is 1.14 bits per heavy atom. The minimum Gasteiger partial charge on any atom is -0.466 e. The molecule has 64 heavy (non-hydrogen) atoms. The Morgan fingerprint density at radius 2 is 0.734 bits per heavy atom. The van der Waals surface area contributed by atoms with Gasteiger partial charge in [-0.1, -0.05) is 237 Å². The van der Waals surface area contributed by atoms with E-state index in [1.54, 1.807) is 6.08 Å². The summed E-state index contributed by atoms with van der Waals surface area (Å²) in [5.74, 6) is -0.0767. The van der Waals surface area contributed by atoms with E-state index in [1.165, 1.54) is 218 Å². The summed E-state index contributed by atoms with van der Waals surface area (Å²) in [7, 11) is 0. The van der Waals surface area contributed by atoms with Crippen molar-refractivity contribution in [3.8, 4) is 0 Å². The van der Waals surface area contributed by atoms with Crippen LogP contribution in [0.2, 0.25) is 0 Å². The molecule has 376 valence electrons. The first kappa shape index (κ1) is 62.1. The van der Waals surface area contributed by atoms with Gasteiger partial charge >= 0.3 is 5.97 Å². The molecule has 2 unspecified atom stereocenters. The predicted molar refractivity (Wildman–Crippen MR) is 278 cm³/mol. The van der Waals surface area contributed by atoms with E-state index in [2.05, 4.69) is 43.5 Å². The number of hydrogen-bond acceptors (Lipinski definition) is 5. The maximum atomic E-state index is 12.4. The van der Waals surface area contributed by atoms with Crippen LogP contribution in [0.4, 0.5) is 0 Å². The molecule has 1 amide bonds. The molecule has 0 aromatic rings. The second-order valence-corrected chi connectivity index (χ2v) is 19.3. The van der Waals surface area contributed by atoms with Gasteiger partial charge in [-0.05, 0) is 83.5 Å². The van der Waals surface area contributed by atoms with E-state index in [4.69, 9.17) is 4.74 Å². The molecule has 6 nitrogen and oxygen atoms in total. The van der Waals surface area contributed by atoms with Gasteiger partial charge in [0.15, 0.2) is 0 Å². The van der Waals surface area contributed by atoms with Gasteiger partial charge in [0.1, 0.15) is 0 Å². The van der Waals surface area contributed by atoms with Crippen LogP contribution in [0.5, 0.6) is 0 Å². The van der Waals surface area contributed by atoms with Crippen LogP contribution in [0.25, 0.3) is 0 Å². The fraction of sp³-hybridized carbons (Fsp3) is 0.862. The van der Waals surface area contributed by atoms with Crippen molar-refractivity contribution in [1.29, 1.82) is 0 Å². The number of carbonyl (C=O) groups is 2. The zero-order chi connectivity index (χ0) is 46.5. The fourth-order valence-electron chi connectivity index (χ4n) is 8.50. The van der Waals surface area contributed by atoms with E-state index in [-0.39, 0.29) is 18.5 Å². The van der Waals surface area contributed by atoms with Gasteiger partial charge in [0, 0.05) is 12.8 Å². The van der Waals surface area contributed by atoms with Gasteiger partial charge in [-0.15, -0.1) is 0 Å². The molecule has 3 N–H and O–H groups in total. The fourth-order valence-corrected chi connectivity index (χ4v) is 8.50. The van der Waals surface area contributed by atoms with Crippen molar-refractivity contribution in [3.63, 3.8) is 0 Å². The van der Waals surface area contributed by atoms with Gasteiger partial charge in [-0.2, -0.15) is 0 Å². The van der Waals surface area contributed by atoms with Crippen molar-refractivity contribution in [2.75, 3.05) is 13.2 Å². The van der Waals surface area contributed by atoms with Crippen molar-refractivity contribution >= 4 is 11.9 Å². The number of hydrogen-bond donors (Lipinski definition) is 3. The minimum absolute atomic E-state index is 0.00119. The first-order valence-electron chi connectivity index (χ1n) is 28.3. The highest BCUT2D eigenvalue weighted by Crippen LogP contribution is 2.16. The quantitative estimate of drug-likeness (QED) is 0.0321. The Bertz CT molecular complexity index is 1040. The number of unbranched alkanes of at least 4 members (excludes halogenated alkanes) is 37. The zero-order valence-electron chi connectivity index (χ0n) is 42.8. The van der Waals surface area contributed by atoms with Crippen LogP contribution in [0.15, 0.2) is 36.5 Å². The number of rotatable bonds is 52. The van der Waals surface area contributed by atoms with E-state index in [0.29, 0.717) is 19.4 Å². The third-order valence-electron chi connectivity index (χ3n) is 12.9. The Kier molecular flexibility index (Phi) is 52.1. The van der Waals surface area contributed by atoms with Crippen LogP contribution in [0.1, 0.15) is 296 Å². The van der Waals surface area contributed by atoms with Crippen LogP contribution in [-0.4, -0.2) is 47.4 Å². The molecular weight excluding hydrogens is 791 g/mol. The molecule has 0 aromatic heterocycles. The van der Waals surface area contributed by atoms with Crippen molar-refractivity contribution in [1.82, 2.24) is 5.32 Å². The van der Waals surface area contributed by atoms with Crippen molar-refractivity contribution in [3.05, 3.63) is 36.5 Å². The first-order valence-corrected chi connectivity index (χ1v) is 28.3. The second-order valence-electron chi connectivity index (χ2n) is 19.3. The molecule has 0 saturated heterocycles. The molecule has 0 radical (unpaired) electrons. The molecule has 0 bridgehead atoms. The third-order valence-corrected chi connectivity index (χ3v) is 12.9. The summed E-state index contributed by atoms with van der Waals surface area (Å²) in [6, 6.07) is -0.632. The molecule has 0 saturated carbocycles. The number of amides is 1. The molecule has 0 rings (SSSR count). The largest absolute Gasteiger partial charge is 0.466 e. The van der Waals surface area contributed by atoms with E-state index in [1.807, 2.05) is 6.08 Å². The average molecular weight is 901 g/mol. The van der Waals surface area contributed by atoms with E-state index < -0.39 is 12.1 Å². The number of esters is 1. The van der Waals surface area contributed by atoms with Crippen LogP contribution in [0.3, 0.4) is 0 Å². The number of aliphatic hydroxyl groups is 2. The molecule has 0 heterocycles. The van der Waals surface area contributed by atoms with Gasteiger partial charge in [0.2, 0.25) is 5.91 Å². The molecule has 2 atom stereocenters. The normalized spacial score (nSPS) is 12.9.